The standard InChI is InChI=1S/C42H28N2/c1-4-12-29(13-5-1)31-20-23-34(24-21-31)44-39-27-26-38-41(35-18-10-11-19-37(35)43(38)33-16-8-3-9-17-33)42(39)36-25-22-32(28-40(36)44)30-14-6-2-7-15-30/h1-28H. The summed E-state index contributed by atoms with van der Waals surface area (Å²) in [7, 11) is 0. The molecule has 9 rings (SSSR count). The van der Waals surface area contributed by atoms with Crippen molar-refractivity contribution in [3.63, 3.8) is 0 Å². The molecule has 0 amide bonds. The van der Waals surface area contributed by atoms with Crippen LogP contribution in [0.4, 0.5) is 0 Å². The van der Waals surface area contributed by atoms with Gasteiger partial charge in [-0.3, -0.25) is 0 Å². The van der Waals surface area contributed by atoms with E-state index in [1.54, 1.807) is 0 Å². The molecule has 0 bridgehead atoms. The third kappa shape index (κ3) is 3.75. The summed E-state index contributed by atoms with van der Waals surface area (Å²) < 4.78 is 4.85. The highest BCUT2D eigenvalue weighted by atomic mass is 15.0. The molecule has 2 aromatic heterocycles. The molecule has 2 heterocycles. The molecule has 0 fully saturated rings. The Hall–Kier alpha value is -5.86. The number of para-hydroxylation sites is 2. The van der Waals surface area contributed by atoms with Gasteiger partial charge in [-0.25, -0.2) is 0 Å². The molecule has 0 radical (unpaired) electrons. The molecule has 2 nitrogen and oxygen atoms in total. The summed E-state index contributed by atoms with van der Waals surface area (Å²) >= 11 is 0. The van der Waals surface area contributed by atoms with Crippen LogP contribution < -0.4 is 0 Å². The molecule has 0 aliphatic carbocycles. The van der Waals surface area contributed by atoms with Crippen molar-refractivity contribution in [2.24, 2.45) is 0 Å². The minimum atomic E-state index is 1.15. The fourth-order valence-electron chi connectivity index (χ4n) is 6.94. The monoisotopic (exact) mass is 560 g/mol. The second-order valence-corrected chi connectivity index (χ2v) is 11.4. The van der Waals surface area contributed by atoms with E-state index in [9.17, 15) is 0 Å². The predicted molar refractivity (Wildman–Crippen MR) is 186 cm³/mol. The van der Waals surface area contributed by atoms with Gasteiger partial charge in [0.25, 0.3) is 0 Å². The van der Waals surface area contributed by atoms with Crippen LogP contribution in [0, 0.1) is 0 Å². The van der Waals surface area contributed by atoms with Gasteiger partial charge in [-0.1, -0.05) is 121 Å². The Bertz CT molecular complexity index is 2450. The highest BCUT2D eigenvalue weighted by Crippen LogP contribution is 2.43. The summed E-state index contributed by atoms with van der Waals surface area (Å²) in [6.45, 7) is 0. The van der Waals surface area contributed by atoms with Crippen LogP contribution in [0.25, 0.3) is 77.2 Å². The van der Waals surface area contributed by atoms with Crippen LogP contribution in [0.1, 0.15) is 0 Å². The maximum Gasteiger partial charge on any atom is 0.0548 e. The van der Waals surface area contributed by atoms with E-state index in [0.717, 1.165) is 5.69 Å². The zero-order chi connectivity index (χ0) is 29.0. The first-order valence-corrected chi connectivity index (χ1v) is 15.1. The van der Waals surface area contributed by atoms with Gasteiger partial charge in [-0.2, -0.15) is 0 Å². The zero-order valence-corrected chi connectivity index (χ0v) is 24.1. The molecule has 0 N–H and O–H groups in total. The fraction of sp³-hybridized carbons (Fsp3) is 0. The number of hydrogen-bond acceptors (Lipinski definition) is 0. The maximum atomic E-state index is 2.44. The van der Waals surface area contributed by atoms with Crippen molar-refractivity contribution in [3.8, 4) is 33.6 Å². The summed E-state index contributed by atoms with van der Waals surface area (Å²) in [5.74, 6) is 0. The van der Waals surface area contributed by atoms with E-state index in [-0.39, 0.29) is 0 Å². The van der Waals surface area contributed by atoms with Gasteiger partial charge in [0.15, 0.2) is 0 Å². The van der Waals surface area contributed by atoms with E-state index in [1.165, 1.54) is 71.6 Å². The number of hydrogen-bond donors (Lipinski definition) is 0. The molecule has 44 heavy (non-hydrogen) atoms. The van der Waals surface area contributed by atoms with Crippen LogP contribution in [0.5, 0.6) is 0 Å². The van der Waals surface area contributed by atoms with Gasteiger partial charge >= 0.3 is 0 Å². The average Bonchev–Trinajstić information content (AvgIpc) is 3.62. The Labute approximate surface area is 255 Å². The quantitative estimate of drug-likeness (QED) is 0.203. The van der Waals surface area contributed by atoms with Crippen molar-refractivity contribution in [2.45, 2.75) is 0 Å². The van der Waals surface area contributed by atoms with Gasteiger partial charge < -0.3 is 9.13 Å². The Balaban J connectivity index is 1.39. The molecular weight excluding hydrogens is 532 g/mol. The number of rotatable bonds is 4. The van der Waals surface area contributed by atoms with Gasteiger partial charge in [0.2, 0.25) is 0 Å². The molecule has 206 valence electrons. The third-order valence-electron chi connectivity index (χ3n) is 8.92. The molecule has 0 atom stereocenters. The van der Waals surface area contributed by atoms with Crippen molar-refractivity contribution in [1.29, 1.82) is 0 Å². The van der Waals surface area contributed by atoms with Crippen molar-refractivity contribution in [1.82, 2.24) is 9.13 Å². The Morgan fingerprint density at radius 1 is 0.273 bits per heavy atom. The van der Waals surface area contributed by atoms with Crippen LogP contribution in [-0.2, 0) is 0 Å². The van der Waals surface area contributed by atoms with E-state index < -0.39 is 0 Å². The summed E-state index contributed by atoms with van der Waals surface area (Å²) in [5.41, 5.74) is 12.1. The first-order valence-electron chi connectivity index (χ1n) is 15.1. The van der Waals surface area contributed by atoms with Crippen molar-refractivity contribution in [2.75, 3.05) is 0 Å². The minimum absolute atomic E-state index is 1.15. The number of aromatic nitrogens is 2. The van der Waals surface area contributed by atoms with Gasteiger partial charge in [0.1, 0.15) is 0 Å². The smallest absolute Gasteiger partial charge is 0.0548 e. The molecule has 7 aromatic carbocycles. The van der Waals surface area contributed by atoms with Crippen LogP contribution in [0.3, 0.4) is 0 Å². The van der Waals surface area contributed by atoms with Gasteiger partial charge in [-0.05, 0) is 70.8 Å². The van der Waals surface area contributed by atoms with Crippen LogP contribution in [-0.4, -0.2) is 9.13 Å². The number of nitrogens with zero attached hydrogens (tertiary/aromatic N) is 2. The van der Waals surface area contributed by atoms with Gasteiger partial charge in [-0.15, -0.1) is 0 Å². The molecule has 2 heteroatoms. The highest BCUT2D eigenvalue weighted by molar-refractivity contribution is 6.29. The van der Waals surface area contributed by atoms with Crippen molar-refractivity contribution >= 4 is 43.6 Å². The molecule has 0 spiro atoms. The predicted octanol–water partition coefficient (Wildman–Crippen LogP) is 11.2. The molecule has 0 saturated carbocycles. The van der Waals surface area contributed by atoms with Crippen molar-refractivity contribution in [3.05, 3.63) is 170 Å². The van der Waals surface area contributed by atoms with E-state index in [0.29, 0.717) is 0 Å². The Morgan fingerprint density at radius 3 is 1.39 bits per heavy atom. The number of benzene rings is 7. The van der Waals surface area contributed by atoms with Crippen LogP contribution in [0.15, 0.2) is 170 Å². The van der Waals surface area contributed by atoms with Crippen molar-refractivity contribution < 1.29 is 0 Å². The lowest BCUT2D eigenvalue weighted by atomic mass is 10.0. The highest BCUT2D eigenvalue weighted by Gasteiger charge is 2.21. The average molecular weight is 561 g/mol. The second kappa shape index (κ2) is 9.86. The first kappa shape index (κ1) is 24.7. The lowest BCUT2D eigenvalue weighted by Gasteiger charge is -2.11. The molecule has 0 saturated heterocycles. The number of fused-ring (bicyclic) bond motifs is 7. The summed E-state index contributed by atoms with van der Waals surface area (Å²) in [6, 6.07) is 61.3. The lowest BCUT2D eigenvalue weighted by Crippen LogP contribution is -1.95. The summed E-state index contributed by atoms with van der Waals surface area (Å²) in [6.07, 6.45) is 0. The molecule has 9 aromatic rings. The Kier molecular flexibility index (Phi) is 5.54. The van der Waals surface area contributed by atoms with E-state index in [1.807, 2.05) is 0 Å². The zero-order valence-electron chi connectivity index (χ0n) is 24.1. The fourth-order valence-corrected chi connectivity index (χ4v) is 6.94. The van der Waals surface area contributed by atoms with Gasteiger partial charge in [0, 0.05) is 32.9 Å². The topological polar surface area (TPSA) is 9.86 Å². The van der Waals surface area contributed by atoms with Crippen LogP contribution >= 0.6 is 0 Å². The normalized spacial score (nSPS) is 11.6. The molecule has 0 aliphatic rings. The van der Waals surface area contributed by atoms with E-state index >= 15 is 0 Å². The summed E-state index contributed by atoms with van der Waals surface area (Å²) in [5, 5.41) is 5.10. The largest absolute Gasteiger partial charge is 0.309 e. The third-order valence-corrected chi connectivity index (χ3v) is 8.92. The molecular formula is C42H28N2. The van der Waals surface area contributed by atoms with Crippen LogP contribution in [0.2, 0.25) is 0 Å². The minimum Gasteiger partial charge on any atom is -0.309 e. The SMILES string of the molecule is c1ccc(-c2ccc(-n3c4cc(-c5ccccc5)ccc4c4c5c6ccccc6n(-c6ccccc6)c5ccc43)cc2)cc1. The Morgan fingerprint density at radius 2 is 0.727 bits per heavy atom. The second-order valence-electron chi connectivity index (χ2n) is 11.4. The molecule has 0 unspecified atom stereocenters. The van der Waals surface area contributed by atoms with Gasteiger partial charge in [0.05, 0.1) is 22.1 Å². The summed E-state index contributed by atoms with van der Waals surface area (Å²) in [4.78, 5) is 0. The molecule has 0 aliphatic heterocycles. The van der Waals surface area contributed by atoms with E-state index in [4.69, 9.17) is 0 Å². The lowest BCUT2D eigenvalue weighted by molar-refractivity contribution is 1.17. The van der Waals surface area contributed by atoms with E-state index in [2.05, 4.69) is 179 Å². The maximum absolute atomic E-state index is 2.44. The first-order chi connectivity index (χ1) is 21.8.